The summed E-state index contributed by atoms with van der Waals surface area (Å²) in [7, 11) is 0. The van der Waals surface area contributed by atoms with Crippen LogP contribution in [0.2, 0.25) is 0 Å². The number of aliphatic hydroxyl groups is 1. The van der Waals surface area contributed by atoms with E-state index in [2.05, 4.69) is 29.5 Å². The molecule has 0 unspecified atom stereocenters. The van der Waals surface area contributed by atoms with E-state index >= 15 is 0 Å². The lowest BCUT2D eigenvalue weighted by molar-refractivity contribution is -0.143. The lowest BCUT2D eigenvalue weighted by atomic mass is 9.79. The summed E-state index contributed by atoms with van der Waals surface area (Å²) in [5.74, 6) is -2.14. The molecule has 4 rings (SSSR count). The number of benzene rings is 2. The molecule has 1 heterocycles. The molecule has 3 aromatic rings. The minimum Gasteiger partial charge on any atom is -0.462 e. The van der Waals surface area contributed by atoms with Crippen LogP contribution in [0.25, 0.3) is 27.9 Å². The highest BCUT2D eigenvalue weighted by molar-refractivity contribution is 6.46. The molecular formula is C35H38N2O7. The van der Waals surface area contributed by atoms with Crippen LogP contribution >= 0.6 is 0 Å². The van der Waals surface area contributed by atoms with E-state index in [0.29, 0.717) is 24.9 Å². The highest BCUT2D eigenvalue weighted by Gasteiger charge is 2.38. The Bertz CT molecular complexity index is 1700. The fourth-order valence-electron chi connectivity index (χ4n) is 5.65. The topological polar surface area (TPSA) is 124 Å². The van der Waals surface area contributed by atoms with Gasteiger partial charge in [0.1, 0.15) is 11.3 Å². The largest absolute Gasteiger partial charge is 0.462 e. The Kier molecular flexibility index (Phi) is 10.1. The first-order valence-electron chi connectivity index (χ1n) is 14.8. The zero-order chi connectivity index (χ0) is 32.0. The molecule has 1 aliphatic rings. The minimum absolute atomic E-state index is 0.0973. The number of ketones is 2. The molecule has 1 fully saturated rings. The number of fused-ring (bicyclic) bond motifs is 3. The summed E-state index contributed by atoms with van der Waals surface area (Å²) in [6.45, 7) is 15.0. The Labute approximate surface area is 256 Å². The molecule has 0 aliphatic heterocycles. The first-order chi connectivity index (χ1) is 21.0. The molecule has 9 nitrogen and oxygen atoms in total. The smallest absolute Gasteiger partial charge is 0.338 e. The number of carbonyl (C=O) groups is 4. The molecular weight excluding hydrogens is 560 g/mol. The van der Waals surface area contributed by atoms with Crippen LogP contribution in [-0.2, 0) is 25.7 Å². The normalized spacial score (nSPS) is 14.7. The molecule has 0 spiro atoms. The zero-order valence-corrected chi connectivity index (χ0v) is 25.3. The molecule has 0 atom stereocenters. The van der Waals surface area contributed by atoms with Crippen molar-refractivity contribution in [1.29, 1.82) is 0 Å². The Morgan fingerprint density at radius 2 is 1.75 bits per heavy atom. The van der Waals surface area contributed by atoms with Crippen LogP contribution < -0.4 is 0 Å². The average Bonchev–Trinajstić information content (AvgIpc) is 3.34. The van der Waals surface area contributed by atoms with E-state index in [1.807, 2.05) is 13.0 Å². The third-order valence-electron chi connectivity index (χ3n) is 7.90. The second kappa shape index (κ2) is 13.8. The third-order valence-corrected chi connectivity index (χ3v) is 7.90. The number of Topliss-reactive ketones (excluding diaryl/α,β-unsaturated/α-hetero) is 2. The van der Waals surface area contributed by atoms with Gasteiger partial charge in [-0.3, -0.25) is 9.59 Å². The molecule has 1 aliphatic carbocycles. The number of aromatic nitrogens is 1. The summed E-state index contributed by atoms with van der Waals surface area (Å²) >= 11 is 0. The number of oxime groups is 1. The van der Waals surface area contributed by atoms with Gasteiger partial charge in [-0.2, -0.15) is 0 Å². The van der Waals surface area contributed by atoms with E-state index in [4.69, 9.17) is 9.57 Å². The lowest BCUT2D eigenvalue weighted by Crippen LogP contribution is -2.40. The van der Waals surface area contributed by atoms with Crippen LogP contribution in [0.15, 0.2) is 66.9 Å². The third kappa shape index (κ3) is 6.63. The maximum absolute atomic E-state index is 13.7. The zero-order valence-electron chi connectivity index (χ0n) is 25.3. The maximum Gasteiger partial charge on any atom is 0.338 e. The van der Waals surface area contributed by atoms with Gasteiger partial charge in [-0.15, -0.1) is 6.58 Å². The molecule has 230 valence electrons. The van der Waals surface area contributed by atoms with Gasteiger partial charge < -0.3 is 19.2 Å². The van der Waals surface area contributed by atoms with Crippen LogP contribution in [0.1, 0.15) is 85.1 Å². The summed E-state index contributed by atoms with van der Waals surface area (Å²) in [4.78, 5) is 56.1. The summed E-state index contributed by atoms with van der Waals surface area (Å²) in [6.07, 6.45) is 6.25. The molecule has 1 saturated carbocycles. The van der Waals surface area contributed by atoms with Crippen molar-refractivity contribution in [2.45, 2.75) is 70.9 Å². The molecule has 9 heteroatoms. The number of carbonyl (C=O) groups excluding carboxylic acids is 4. The van der Waals surface area contributed by atoms with Gasteiger partial charge in [0.05, 0.1) is 18.5 Å². The summed E-state index contributed by atoms with van der Waals surface area (Å²) in [6, 6.07) is 8.74. The van der Waals surface area contributed by atoms with Gasteiger partial charge in [0.25, 0.3) is 0 Å². The molecule has 0 bridgehead atoms. The quantitative estimate of drug-likeness (QED) is 0.0453. The second-order valence-electron chi connectivity index (χ2n) is 11.1. The number of ether oxygens (including phenoxy) is 1. The van der Waals surface area contributed by atoms with Crippen molar-refractivity contribution in [2.75, 3.05) is 6.61 Å². The summed E-state index contributed by atoms with van der Waals surface area (Å²) in [5, 5.41) is 16.5. The van der Waals surface area contributed by atoms with Crippen molar-refractivity contribution in [3.63, 3.8) is 0 Å². The highest BCUT2D eigenvalue weighted by Crippen LogP contribution is 2.37. The first kappa shape index (κ1) is 32.3. The molecule has 44 heavy (non-hydrogen) atoms. The fraction of sp³-hybridized carbons (Fsp3) is 0.343. The van der Waals surface area contributed by atoms with Crippen molar-refractivity contribution >= 4 is 57.1 Å². The van der Waals surface area contributed by atoms with Crippen LogP contribution in [0.5, 0.6) is 0 Å². The maximum atomic E-state index is 13.7. The number of rotatable bonds is 13. The number of aryl methyl sites for hydroxylation is 1. The molecule has 1 aromatic heterocycles. The van der Waals surface area contributed by atoms with Crippen molar-refractivity contribution in [3.05, 3.63) is 78.4 Å². The van der Waals surface area contributed by atoms with E-state index in [1.165, 1.54) is 13.0 Å². The lowest BCUT2D eigenvalue weighted by Gasteiger charge is -2.30. The molecule has 0 amide bonds. The van der Waals surface area contributed by atoms with E-state index < -0.39 is 23.3 Å². The van der Waals surface area contributed by atoms with Gasteiger partial charge in [0.15, 0.2) is 5.78 Å². The van der Waals surface area contributed by atoms with Crippen LogP contribution in [-0.4, -0.2) is 51.1 Å². The molecule has 1 N–H and O–H groups in total. The highest BCUT2D eigenvalue weighted by atomic mass is 16.7. The van der Waals surface area contributed by atoms with Crippen molar-refractivity contribution in [2.24, 2.45) is 5.16 Å². The van der Waals surface area contributed by atoms with Crippen molar-refractivity contribution < 1.29 is 33.9 Å². The predicted molar refractivity (Wildman–Crippen MR) is 171 cm³/mol. The average molecular weight is 599 g/mol. The van der Waals surface area contributed by atoms with E-state index in [9.17, 15) is 24.3 Å². The first-order valence-corrected chi connectivity index (χ1v) is 14.8. The fourth-order valence-corrected chi connectivity index (χ4v) is 5.65. The predicted octanol–water partition coefficient (Wildman–Crippen LogP) is 6.50. The van der Waals surface area contributed by atoms with Crippen molar-refractivity contribution in [1.82, 2.24) is 4.57 Å². The van der Waals surface area contributed by atoms with E-state index in [1.54, 1.807) is 30.3 Å². The Morgan fingerprint density at radius 3 is 2.39 bits per heavy atom. The van der Waals surface area contributed by atoms with Crippen LogP contribution in [0.4, 0.5) is 0 Å². The van der Waals surface area contributed by atoms with Gasteiger partial charge in [-0.25, -0.2) is 9.59 Å². The molecule has 2 aromatic carbocycles. The summed E-state index contributed by atoms with van der Waals surface area (Å²) < 4.78 is 7.23. The summed E-state index contributed by atoms with van der Waals surface area (Å²) in [5.41, 5.74) is 1.78. The molecule has 0 radical (unpaired) electrons. The Hall–Kier alpha value is -4.63. The van der Waals surface area contributed by atoms with E-state index in [-0.39, 0.29) is 42.1 Å². The Morgan fingerprint density at radius 1 is 1.05 bits per heavy atom. The van der Waals surface area contributed by atoms with Gasteiger partial charge >= 0.3 is 11.9 Å². The monoisotopic (exact) mass is 598 g/mol. The number of hydrogen-bond acceptors (Lipinski definition) is 8. The van der Waals surface area contributed by atoms with Crippen molar-refractivity contribution in [3.8, 4) is 0 Å². The molecule has 0 saturated heterocycles. The van der Waals surface area contributed by atoms with Crippen LogP contribution in [0, 0.1) is 0 Å². The SMILES string of the molecule is C=CCC(=O)O/N=C(\CCOC(=O)C(=C)C)C(=O)c1ccc2c(c1)c1cc(C(=O)C3(O)CCCCC3)cc(C=C)c1n2CC. The van der Waals surface area contributed by atoms with Gasteiger partial charge in [0, 0.05) is 46.0 Å². The second-order valence-corrected chi connectivity index (χ2v) is 11.1. The van der Waals surface area contributed by atoms with Gasteiger partial charge in [0.2, 0.25) is 5.78 Å². The minimum atomic E-state index is -1.41. The van der Waals surface area contributed by atoms with Gasteiger partial charge in [-0.05, 0) is 62.6 Å². The number of hydrogen-bond donors (Lipinski definition) is 1. The standard InChI is InChI=1S/C35H38N2O7/c1-6-12-30(38)44-36-28(15-18-43-34(41)22(4)5)32(39)24-13-14-29-26(20-24)27-21-25(19-23(7-2)31(27)37(29)8-3)33(40)35(42)16-10-9-11-17-35/h6-7,13-14,19-21,42H,1-2,4,8-12,15-18H2,3,5H3/b36-28+. The Balaban J connectivity index is 1.80. The van der Waals surface area contributed by atoms with E-state index in [0.717, 1.165) is 46.6 Å². The van der Waals surface area contributed by atoms with Gasteiger partial charge in [-0.1, -0.05) is 49.7 Å². The number of esters is 1. The number of nitrogens with zero attached hydrogens (tertiary/aromatic N) is 2. The van der Waals surface area contributed by atoms with Crippen LogP contribution in [0.3, 0.4) is 0 Å².